The van der Waals surface area contributed by atoms with Gasteiger partial charge >= 0.3 is 0 Å². The van der Waals surface area contributed by atoms with E-state index in [1.54, 1.807) is 12.5 Å². The van der Waals surface area contributed by atoms with Gasteiger partial charge in [-0.15, -0.1) is 0 Å². The number of methoxy groups -OCH3 is 2. The Kier molecular flexibility index (Phi) is 30.4. The number of Topliss-reactive ketones (excluding diaryl/α,β-unsaturated/α-hetero) is 2. The van der Waals surface area contributed by atoms with E-state index in [9.17, 15) is 9.59 Å². The Morgan fingerprint density at radius 2 is 0.746 bits per heavy atom. The Bertz CT molecular complexity index is 1780. The van der Waals surface area contributed by atoms with Crippen LogP contribution in [0, 0.1) is 5.92 Å². The van der Waals surface area contributed by atoms with E-state index in [0.717, 1.165) is 76.5 Å². The van der Waals surface area contributed by atoms with E-state index in [1.165, 1.54) is 110 Å². The fourth-order valence-corrected chi connectivity index (χ4v) is 7.88. The molecule has 1 rings (SSSR count). The molecule has 352 valence electrons. The van der Waals surface area contributed by atoms with Crippen LogP contribution in [0.1, 0.15) is 212 Å². The molecular formula is C59H92O4. The molecule has 1 atom stereocenters. The average molecular weight is 865 g/mol. The summed E-state index contributed by atoms with van der Waals surface area (Å²) in [5.41, 5.74) is 14.1. The number of carbonyl (C=O) groups excluding carboxylic acids is 2. The Hall–Kier alpha value is -3.92. The number of hydrogen-bond acceptors (Lipinski definition) is 4. The van der Waals surface area contributed by atoms with Crippen LogP contribution in [0.25, 0.3) is 0 Å². The highest BCUT2D eigenvalue weighted by molar-refractivity contribution is 6.23. The van der Waals surface area contributed by atoms with E-state index < -0.39 is 0 Å². The molecule has 4 heteroatoms. The van der Waals surface area contributed by atoms with Crippen LogP contribution in [0.5, 0.6) is 0 Å². The van der Waals surface area contributed by atoms with Gasteiger partial charge in [0.15, 0.2) is 0 Å². The lowest BCUT2D eigenvalue weighted by molar-refractivity contribution is -0.121. The molecule has 0 amide bonds. The molecule has 0 bridgehead atoms. The molecule has 0 saturated carbocycles. The standard InChI is InChI=1S/C59H92O4/c1-44(2)24-15-25-45(3)26-16-27-46(4)28-17-29-47(5)30-18-31-48(6)32-19-33-49(7)34-20-35-50(8)36-21-37-51(9)38-22-39-52(10)40-23-41-53(11)42-43-55-54(12)56(60)58(62-13)59(63-14)57(55)61/h24,28,30,32,34,36,38,40,42,45H,15-23,25-27,29,31,33,35,37,39,41,43H2,1-14H3. The lowest BCUT2D eigenvalue weighted by Crippen LogP contribution is -2.24. The van der Waals surface area contributed by atoms with Crippen LogP contribution in [-0.4, -0.2) is 25.8 Å². The highest BCUT2D eigenvalue weighted by Gasteiger charge is 2.34. The van der Waals surface area contributed by atoms with Crippen molar-refractivity contribution in [2.75, 3.05) is 14.2 Å². The van der Waals surface area contributed by atoms with Gasteiger partial charge in [-0.05, 0) is 204 Å². The fourth-order valence-electron chi connectivity index (χ4n) is 7.88. The zero-order valence-electron chi connectivity index (χ0n) is 43.0. The smallest absolute Gasteiger partial charge is 0.228 e. The number of carbonyl (C=O) groups is 2. The molecule has 0 aromatic carbocycles. The lowest BCUT2D eigenvalue weighted by Gasteiger charge is -2.19. The van der Waals surface area contributed by atoms with Crippen molar-refractivity contribution in [3.05, 3.63) is 128 Å². The van der Waals surface area contributed by atoms with Crippen molar-refractivity contribution in [2.45, 2.75) is 212 Å². The summed E-state index contributed by atoms with van der Waals surface area (Å²) < 4.78 is 10.3. The Balaban J connectivity index is 2.29. The molecule has 4 nitrogen and oxygen atoms in total. The van der Waals surface area contributed by atoms with Gasteiger partial charge in [-0.25, -0.2) is 0 Å². The summed E-state index contributed by atoms with van der Waals surface area (Å²) in [4.78, 5) is 25.5. The third kappa shape index (κ3) is 26.5. The van der Waals surface area contributed by atoms with E-state index in [4.69, 9.17) is 9.47 Å². The molecule has 1 aliphatic rings. The minimum atomic E-state index is -0.283. The number of rotatable bonds is 32. The van der Waals surface area contributed by atoms with Crippen LogP contribution in [0.15, 0.2) is 128 Å². The highest BCUT2D eigenvalue weighted by atomic mass is 16.5. The molecule has 1 unspecified atom stereocenters. The van der Waals surface area contributed by atoms with Gasteiger partial charge in [0.05, 0.1) is 14.2 Å². The topological polar surface area (TPSA) is 52.6 Å². The average Bonchev–Trinajstić information content (AvgIpc) is 3.21. The predicted octanol–water partition coefficient (Wildman–Crippen LogP) is 17.9. The fraction of sp³-hybridized carbons (Fsp3) is 0.593. The van der Waals surface area contributed by atoms with Gasteiger partial charge in [0.2, 0.25) is 23.1 Å². The summed E-state index contributed by atoms with van der Waals surface area (Å²) in [6, 6.07) is 0. The normalized spacial score (nSPS) is 16.1. The Labute approximate surface area is 388 Å². The van der Waals surface area contributed by atoms with Crippen molar-refractivity contribution in [1.82, 2.24) is 0 Å². The second-order valence-electron chi connectivity index (χ2n) is 19.1. The number of ketones is 2. The number of hydrogen-bond donors (Lipinski definition) is 0. The van der Waals surface area contributed by atoms with Crippen LogP contribution in [0.2, 0.25) is 0 Å². The first-order valence-corrected chi connectivity index (χ1v) is 24.5. The summed E-state index contributed by atoms with van der Waals surface area (Å²) >= 11 is 0. The van der Waals surface area contributed by atoms with E-state index in [0.29, 0.717) is 17.6 Å². The maximum atomic E-state index is 12.9. The minimum Gasteiger partial charge on any atom is -0.489 e. The quantitative estimate of drug-likeness (QED) is 0.0499. The summed E-state index contributed by atoms with van der Waals surface area (Å²) in [6.45, 7) is 26.6. The predicted molar refractivity (Wildman–Crippen MR) is 275 cm³/mol. The van der Waals surface area contributed by atoms with Gasteiger partial charge in [-0.1, -0.05) is 118 Å². The van der Waals surface area contributed by atoms with Gasteiger partial charge in [0.25, 0.3) is 0 Å². The first kappa shape index (κ1) is 57.1. The number of allylic oxidation sites excluding steroid dienone is 20. The maximum Gasteiger partial charge on any atom is 0.228 e. The molecule has 0 aromatic heterocycles. The van der Waals surface area contributed by atoms with Gasteiger partial charge in [-0.2, -0.15) is 0 Å². The first-order valence-electron chi connectivity index (χ1n) is 24.5. The van der Waals surface area contributed by atoms with Crippen molar-refractivity contribution in [3.8, 4) is 0 Å². The summed E-state index contributed by atoms with van der Waals surface area (Å²) in [7, 11) is 2.78. The maximum absolute atomic E-state index is 12.9. The third-order valence-electron chi connectivity index (χ3n) is 12.4. The molecule has 0 N–H and O–H groups in total. The molecular weight excluding hydrogens is 773 g/mol. The molecule has 1 aliphatic carbocycles. The van der Waals surface area contributed by atoms with Gasteiger partial charge in [0, 0.05) is 11.1 Å². The van der Waals surface area contributed by atoms with Crippen molar-refractivity contribution in [3.63, 3.8) is 0 Å². The zero-order valence-corrected chi connectivity index (χ0v) is 43.0. The van der Waals surface area contributed by atoms with Gasteiger partial charge in [-0.3, -0.25) is 9.59 Å². The second-order valence-corrected chi connectivity index (χ2v) is 19.1. The molecule has 0 spiro atoms. The summed E-state index contributed by atoms with van der Waals surface area (Å²) in [5.74, 6) is 0.258. The van der Waals surface area contributed by atoms with Gasteiger partial charge < -0.3 is 9.47 Å². The van der Waals surface area contributed by atoms with Crippen molar-refractivity contribution >= 4 is 11.6 Å². The highest BCUT2D eigenvalue weighted by Crippen LogP contribution is 2.28. The molecule has 0 aliphatic heterocycles. The Morgan fingerprint density at radius 1 is 0.429 bits per heavy atom. The molecule has 0 radical (unpaired) electrons. The van der Waals surface area contributed by atoms with Crippen molar-refractivity contribution in [2.24, 2.45) is 5.92 Å². The van der Waals surface area contributed by atoms with Crippen LogP contribution in [0.3, 0.4) is 0 Å². The lowest BCUT2D eigenvalue weighted by atomic mass is 9.90. The van der Waals surface area contributed by atoms with E-state index in [1.807, 2.05) is 0 Å². The van der Waals surface area contributed by atoms with Crippen molar-refractivity contribution < 1.29 is 19.1 Å². The molecule has 0 heterocycles. The molecule has 0 fully saturated rings. The van der Waals surface area contributed by atoms with Gasteiger partial charge in [0.1, 0.15) is 0 Å². The second kappa shape index (κ2) is 33.6. The molecule has 0 aromatic rings. The monoisotopic (exact) mass is 865 g/mol. The summed E-state index contributed by atoms with van der Waals surface area (Å²) in [5, 5.41) is 0. The van der Waals surface area contributed by atoms with E-state index in [2.05, 4.69) is 131 Å². The van der Waals surface area contributed by atoms with Crippen LogP contribution in [0.4, 0.5) is 0 Å². The molecule has 0 saturated heterocycles. The van der Waals surface area contributed by atoms with E-state index >= 15 is 0 Å². The van der Waals surface area contributed by atoms with Crippen LogP contribution >= 0.6 is 0 Å². The molecule has 63 heavy (non-hydrogen) atoms. The van der Waals surface area contributed by atoms with E-state index in [-0.39, 0.29) is 23.1 Å². The first-order chi connectivity index (χ1) is 30.0. The summed E-state index contributed by atoms with van der Waals surface area (Å²) in [6.07, 6.45) is 43.8. The zero-order chi connectivity index (χ0) is 47.2. The number of ether oxygens (including phenoxy) is 2. The van der Waals surface area contributed by atoms with Crippen LogP contribution < -0.4 is 0 Å². The SMILES string of the molecule is COC1=C(OC)C(=O)C(CC=C(C)CCC=C(C)CCC=C(C)CCC=C(C)CCC=C(C)CCC=C(C)CCC=C(C)CCC=C(C)CCCC(C)CCC=C(C)C)=C(C)C1=O. The third-order valence-corrected chi connectivity index (χ3v) is 12.4. The van der Waals surface area contributed by atoms with Crippen LogP contribution in [-0.2, 0) is 19.1 Å². The van der Waals surface area contributed by atoms with Crippen molar-refractivity contribution in [1.29, 1.82) is 0 Å². The minimum absolute atomic E-state index is 0.00607. The largest absolute Gasteiger partial charge is 0.489 e. The Morgan fingerprint density at radius 3 is 1.08 bits per heavy atom.